The molecule has 4 heteroatoms. The van der Waals surface area contributed by atoms with Gasteiger partial charge in [0.2, 0.25) is 0 Å². The van der Waals surface area contributed by atoms with Gasteiger partial charge in [-0.15, -0.1) is 0 Å². The first-order chi connectivity index (χ1) is 9.27. The van der Waals surface area contributed by atoms with Crippen LogP contribution < -0.4 is 5.73 Å². The monoisotopic (exact) mass is 251 g/mol. The summed E-state index contributed by atoms with van der Waals surface area (Å²) < 4.78 is 1.51. The van der Waals surface area contributed by atoms with Crippen LogP contribution in [0.15, 0.2) is 60.9 Å². The van der Waals surface area contributed by atoms with E-state index in [1.807, 2.05) is 54.6 Å². The van der Waals surface area contributed by atoms with E-state index in [2.05, 4.69) is 4.98 Å². The highest BCUT2D eigenvalue weighted by molar-refractivity contribution is 5.93. The third-order valence-electron chi connectivity index (χ3n) is 3.12. The van der Waals surface area contributed by atoms with Crippen molar-refractivity contribution < 1.29 is 4.79 Å². The van der Waals surface area contributed by atoms with Crippen molar-refractivity contribution in [2.24, 2.45) is 5.73 Å². The molecule has 0 aliphatic rings. The van der Waals surface area contributed by atoms with Crippen molar-refractivity contribution in [3.8, 4) is 0 Å². The highest BCUT2D eigenvalue weighted by Gasteiger charge is 2.19. The van der Waals surface area contributed by atoms with Gasteiger partial charge in [-0.25, -0.2) is 4.98 Å². The molecule has 0 radical (unpaired) electrons. The fourth-order valence-corrected chi connectivity index (χ4v) is 2.09. The number of hydrogen-bond acceptors (Lipinski definition) is 3. The molecule has 0 saturated carbocycles. The zero-order valence-electron chi connectivity index (χ0n) is 10.2. The van der Waals surface area contributed by atoms with Crippen LogP contribution in [0.4, 0.5) is 0 Å². The summed E-state index contributed by atoms with van der Waals surface area (Å²) in [6.07, 6.45) is 1.52. The summed E-state index contributed by atoms with van der Waals surface area (Å²) in [5, 5.41) is 0. The molecule has 0 bridgehead atoms. The normalized spacial score (nSPS) is 12.5. The van der Waals surface area contributed by atoms with Gasteiger partial charge >= 0.3 is 0 Å². The molecule has 3 aromatic rings. The number of carbonyl (C=O) groups excluding carboxylic acids is 1. The Hall–Kier alpha value is -2.46. The van der Waals surface area contributed by atoms with Crippen molar-refractivity contribution in [3.63, 3.8) is 0 Å². The second-order valence-corrected chi connectivity index (χ2v) is 4.33. The fourth-order valence-electron chi connectivity index (χ4n) is 2.09. The second-order valence-electron chi connectivity index (χ2n) is 4.33. The maximum atomic E-state index is 12.4. The van der Waals surface area contributed by atoms with E-state index in [4.69, 9.17) is 5.73 Å². The summed E-state index contributed by atoms with van der Waals surface area (Å²) in [5.74, 6) is -0.181. The van der Waals surface area contributed by atoms with Gasteiger partial charge in [0, 0.05) is 0 Å². The van der Waals surface area contributed by atoms with E-state index >= 15 is 0 Å². The first-order valence-corrected chi connectivity index (χ1v) is 6.04. The van der Waals surface area contributed by atoms with Crippen LogP contribution in [0.2, 0.25) is 0 Å². The van der Waals surface area contributed by atoms with Crippen molar-refractivity contribution in [2.75, 3.05) is 0 Å². The largest absolute Gasteiger partial charge is 0.316 e. The van der Waals surface area contributed by atoms with Crippen LogP contribution in [-0.4, -0.2) is 15.5 Å². The number of aromatic nitrogens is 2. The minimum absolute atomic E-state index is 0.181. The number of nitrogens with zero attached hydrogens (tertiary/aromatic N) is 2. The molecule has 1 heterocycles. The molecule has 0 fully saturated rings. The van der Waals surface area contributed by atoms with Crippen LogP contribution in [0.3, 0.4) is 0 Å². The lowest BCUT2D eigenvalue weighted by Gasteiger charge is -2.11. The molecule has 1 atom stereocenters. The lowest BCUT2D eigenvalue weighted by Crippen LogP contribution is -2.26. The van der Waals surface area contributed by atoms with E-state index in [9.17, 15) is 4.79 Å². The topological polar surface area (TPSA) is 60.9 Å². The van der Waals surface area contributed by atoms with E-state index in [0.717, 1.165) is 16.6 Å². The van der Waals surface area contributed by atoms with Gasteiger partial charge in [0.05, 0.1) is 11.0 Å². The van der Waals surface area contributed by atoms with Gasteiger partial charge in [-0.1, -0.05) is 42.5 Å². The Balaban J connectivity index is 2.00. The van der Waals surface area contributed by atoms with Crippen molar-refractivity contribution in [1.82, 2.24) is 9.55 Å². The summed E-state index contributed by atoms with van der Waals surface area (Å²) in [5.41, 5.74) is 8.38. The van der Waals surface area contributed by atoms with Gasteiger partial charge in [0.1, 0.15) is 12.4 Å². The number of nitrogens with two attached hydrogens (primary N) is 1. The molecule has 0 saturated heterocycles. The molecule has 0 aliphatic heterocycles. The number of para-hydroxylation sites is 2. The summed E-state index contributed by atoms with van der Waals surface area (Å²) >= 11 is 0. The third kappa shape index (κ3) is 2.02. The quantitative estimate of drug-likeness (QED) is 0.760. The van der Waals surface area contributed by atoms with Gasteiger partial charge in [-0.05, 0) is 17.7 Å². The Morgan fingerprint density at radius 1 is 1.05 bits per heavy atom. The van der Waals surface area contributed by atoms with Crippen molar-refractivity contribution in [3.05, 3.63) is 66.5 Å². The summed E-state index contributed by atoms with van der Waals surface area (Å²) in [4.78, 5) is 16.6. The van der Waals surface area contributed by atoms with Gasteiger partial charge in [-0.3, -0.25) is 9.36 Å². The predicted octanol–water partition coefficient (Wildman–Crippen LogP) is 2.38. The zero-order valence-corrected chi connectivity index (χ0v) is 10.2. The molecule has 4 nitrogen and oxygen atoms in total. The van der Waals surface area contributed by atoms with Gasteiger partial charge < -0.3 is 5.73 Å². The zero-order chi connectivity index (χ0) is 13.2. The molecule has 0 aliphatic carbocycles. The van der Waals surface area contributed by atoms with Crippen LogP contribution in [0.25, 0.3) is 11.0 Å². The van der Waals surface area contributed by atoms with E-state index in [0.29, 0.717) is 0 Å². The first-order valence-electron chi connectivity index (χ1n) is 6.04. The maximum absolute atomic E-state index is 12.4. The molecule has 1 unspecified atom stereocenters. The van der Waals surface area contributed by atoms with Crippen LogP contribution in [0.5, 0.6) is 0 Å². The summed E-state index contributed by atoms with van der Waals surface area (Å²) in [6, 6.07) is 16.1. The molecule has 0 amide bonds. The number of benzene rings is 2. The first kappa shape index (κ1) is 11.6. The summed E-state index contributed by atoms with van der Waals surface area (Å²) in [7, 11) is 0. The highest BCUT2D eigenvalue weighted by atomic mass is 16.2. The maximum Gasteiger partial charge on any atom is 0.253 e. The van der Waals surface area contributed by atoms with E-state index in [1.54, 1.807) is 0 Å². The second kappa shape index (κ2) is 4.66. The van der Waals surface area contributed by atoms with Crippen LogP contribution >= 0.6 is 0 Å². The standard InChI is InChI=1S/C15H13N3O/c16-14(11-6-2-1-3-7-11)15(19)18-10-17-12-8-4-5-9-13(12)18/h1-10,14H,16H2. The lowest BCUT2D eigenvalue weighted by atomic mass is 10.1. The summed E-state index contributed by atoms with van der Waals surface area (Å²) in [6.45, 7) is 0. The van der Waals surface area contributed by atoms with Crippen LogP contribution in [-0.2, 0) is 0 Å². The van der Waals surface area contributed by atoms with E-state index < -0.39 is 6.04 Å². The lowest BCUT2D eigenvalue weighted by molar-refractivity contribution is 0.0884. The van der Waals surface area contributed by atoms with E-state index in [-0.39, 0.29) is 5.91 Å². The SMILES string of the molecule is NC(C(=O)n1cnc2ccccc21)c1ccccc1. The van der Waals surface area contributed by atoms with E-state index in [1.165, 1.54) is 10.9 Å². The molecule has 2 N–H and O–H groups in total. The molecule has 1 aromatic heterocycles. The average molecular weight is 251 g/mol. The van der Waals surface area contributed by atoms with Crippen molar-refractivity contribution in [2.45, 2.75) is 6.04 Å². The molecule has 0 spiro atoms. The van der Waals surface area contributed by atoms with Gasteiger partial charge in [0.25, 0.3) is 5.91 Å². The molecule has 94 valence electrons. The predicted molar refractivity (Wildman–Crippen MR) is 73.7 cm³/mol. The highest BCUT2D eigenvalue weighted by Crippen LogP contribution is 2.17. The Bertz CT molecular complexity index is 718. The Morgan fingerprint density at radius 3 is 2.53 bits per heavy atom. The molecule has 19 heavy (non-hydrogen) atoms. The molecule has 2 aromatic carbocycles. The number of imidazole rings is 1. The minimum Gasteiger partial charge on any atom is -0.316 e. The van der Waals surface area contributed by atoms with Gasteiger partial charge in [0.15, 0.2) is 0 Å². The van der Waals surface area contributed by atoms with Gasteiger partial charge in [-0.2, -0.15) is 0 Å². The van der Waals surface area contributed by atoms with Crippen molar-refractivity contribution in [1.29, 1.82) is 0 Å². The average Bonchev–Trinajstić information content (AvgIpc) is 2.90. The number of hydrogen-bond donors (Lipinski definition) is 1. The minimum atomic E-state index is -0.682. The van der Waals surface area contributed by atoms with Crippen LogP contribution in [0, 0.1) is 0 Å². The Labute approximate surface area is 110 Å². The van der Waals surface area contributed by atoms with Crippen LogP contribution in [0.1, 0.15) is 16.4 Å². The molecule has 3 rings (SSSR count). The smallest absolute Gasteiger partial charge is 0.253 e. The third-order valence-corrected chi connectivity index (χ3v) is 3.12. The molecular formula is C15H13N3O. The number of fused-ring (bicyclic) bond motifs is 1. The Morgan fingerprint density at radius 2 is 1.74 bits per heavy atom. The Kier molecular flexibility index (Phi) is 2.85. The number of rotatable bonds is 2. The van der Waals surface area contributed by atoms with Crippen molar-refractivity contribution >= 4 is 16.9 Å². The number of carbonyl (C=O) groups is 1. The fraction of sp³-hybridized carbons (Fsp3) is 0.0667. The molecular weight excluding hydrogens is 238 g/mol.